The molecule has 0 spiro atoms. The number of thiazole rings is 1. The molecule has 0 aliphatic carbocycles. The van der Waals surface area contributed by atoms with Crippen LogP contribution in [0.1, 0.15) is 12.0 Å². The molecule has 0 aliphatic heterocycles. The van der Waals surface area contributed by atoms with Crippen molar-refractivity contribution in [1.82, 2.24) is 4.98 Å². The van der Waals surface area contributed by atoms with E-state index in [-0.39, 0.29) is 17.2 Å². The number of hydrogen-bond acceptors (Lipinski definition) is 3. The molecule has 0 unspecified atom stereocenters. The Kier molecular flexibility index (Phi) is 2.87. The second-order valence-corrected chi connectivity index (χ2v) is 4.36. The van der Waals surface area contributed by atoms with Crippen LogP contribution in [-0.2, 0) is 4.79 Å². The molecule has 0 saturated heterocycles. The van der Waals surface area contributed by atoms with Gasteiger partial charge in [-0.15, -0.1) is 0 Å². The fraction of sp³-hybridized carbons (Fsp3) is 0.0909. The Bertz CT molecular complexity index is 610. The van der Waals surface area contributed by atoms with E-state index in [0.717, 1.165) is 15.8 Å². The number of carbonyl (C=O) groups excluding carboxylic acids is 1. The van der Waals surface area contributed by atoms with Crippen LogP contribution in [0.5, 0.6) is 0 Å². The zero-order valence-corrected chi connectivity index (χ0v) is 9.21. The Morgan fingerprint density at radius 2 is 2.31 bits per heavy atom. The normalized spacial score (nSPS) is 11.2. The monoisotopic (exact) mass is 234 g/mol. The molecule has 1 heterocycles. The second-order valence-electron chi connectivity index (χ2n) is 3.34. The maximum atomic E-state index is 11.1. The smallest absolute Gasteiger partial charge is 0.305 e. The largest absolute Gasteiger partial charge is 0.369 e. The highest BCUT2D eigenvalue weighted by atomic mass is 32.1. The van der Waals surface area contributed by atoms with Gasteiger partial charge in [0.15, 0.2) is 0 Å². The van der Waals surface area contributed by atoms with E-state index in [1.165, 1.54) is 11.3 Å². The molecule has 0 bridgehead atoms. The third-order valence-electron chi connectivity index (χ3n) is 2.07. The summed E-state index contributed by atoms with van der Waals surface area (Å²) < 4.78 is 0.909. The van der Waals surface area contributed by atoms with Gasteiger partial charge in [-0.3, -0.25) is 9.59 Å². The number of aromatic nitrogens is 1. The third kappa shape index (κ3) is 2.38. The number of aromatic amines is 1. The molecule has 0 radical (unpaired) electrons. The van der Waals surface area contributed by atoms with Gasteiger partial charge in [0.05, 0.1) is 10.2 Å². The van der Waals surface area contributed by atoms with Crippen molar-refractivity contribution in [3.8, 4) is 0 Å². The van der Waals surface area contributed by atoms with Gasteiger partial charge in [-0.2, -0.15) is 0 Å². The van der Waals surface area contributed by atoms with Crippen LogP contribution in [0, 0.1) is 0 Å². The van der Waals surface area contributed by atoms with Crippen LogP contribution in [0.3, 0.4) is 0 Å². The Labute approximate surface area is 95.4 Å². The molecule has 82 valence electrons. The van der Waals surface area contributed by atoms with Gasteiger partial charge in [0.1, 0.15) is 0 Å². The highest BCUT2D eigenvalue weighted by Gasteiger charge is 1.98. The third-order valence-corrected chi connectivity index (χ3v) is 2.92. The van der Waals surface area contributed by atoms with E-state index < -0.39 is 0 Å². The summed E-state index contributed by atoms with van der Waals surface area (Å²) >= 11 is 1.17. The van der Waals surface area contributed by atoms with Gasteiger partial charge < -0.3 is 10.7 Å². The van der Waals surface area contributed by atoms with Gasteiger partial charge in [0, 0.05) is 6.42 Å². The summed E-state index contributed by atoms with van der Waals surface area (Å²) in [6.07, 6.45) is 3.74. The molecule has 2 aromatic rings. The number of fused-ring (bicyclic) bond motifs is 1. The fourth-order valence-corrected chi connectivity index (χ4v) is 2.16. The number of hydrogen-bond donors (Lipinski definition) is 2. The maximum Gasteiger partial charge on any atom is 0.305 e. The van der Waals surface area contributed by atoms with Crippen LogP contribution < -0.4 is 10.6 Å². The lowest BCUT2D eigenvalue weighted by Crippen LogP contribution is -2.07. The van der Waals surface area contributed by atoms with Gasteiger partial charge in [0.25, 0.3) is 0 Å². The number of amides is 1. The zero-order valence-electron chi connectivity index (χ0n) is 8.40. The van der Waals surface area contributed by atoms with Gasteiger partial charge in [-0.25, -0.2) is 0 Å². The van der Waals surface area contributed by atoms with Crippen molar-refractivity contribution in [3.05, 3.63) is 39.5 Å². The maximum absolute atomic E-state index is 11.1. The van der Waals surface area contributed by atoms with Gasteiger partial charge in [-0.05, 0) is 17.7 Å². The van der Waals surface area contributed by atoms with E-state index in [1.807, 2.05) is 24.3 Å². The van der Waals surface area contributed by atoms with Crippen molar-refractivity contribution in [1.29, 1.82) is 0 Å². The van der Waals surface area contributed by atoms with Gasteiger partial charge in [-0.1, -0.05) is 29.6 Å². The minimum Gasteiger partial charge on any atom is -0.369 e. The van der Waals surface area contributed by atoms with Crippen molar-refractivity contribution in [3.63, 3.8) is 0 Å². The lowest BCUT2D eigenvalue weighted by molar-refractivity contribution is -0.117. The topological polar surface area (TPSA) is 76.0 Å². The average Bonchev–Trinajstić information content (AvgIpc) is 2.56. The first-order chi connectivity index (χ1) is 7.65. The van der Waals surface area contributed by atoms with E-state index in [9.17, 15) is 9.59 Å². The van der Waals surface area contributed by atoms with Gasteiger partial charge in [0.2, 0.25) is 5.91 Å². The summed E-state index contributed by atoms with van der Waals surface area (Å²) in [5.41, 5.74) is 6.80. The Morgan fingerprint density at radius 3 is 3.06 bits per heavy atom. The average molecular weight is 234 g/mol. The van der Waals surface area contributed by atoms with E-state index in [4.69, 9.17) is 5.73 Å². The van der Waals surface area contributed by atoms with Crippen molar-refractivity contribution < 1.29 is 4.79 Å². The predicted molar refractivity (Wildman–Crippen MR) is 65.3 cm³/mol. The van der Waals surface area contributed by atoms with E-state index in [2.05, 4.69) is 4.98 Å². The zero-order chi connectivity index (χ0) is 11.5. The highest BCUT2D eigenvalue weighted by molar-refractivity contribution is 7.16. The van der Waals surface area contributed by atoms with Crippen LogP contribution in [0.2, 0.25) is 0 Å². The molecule has 0 fully saturated rings. The fourth-order valence-electron chi connectivity index (χ4n) is 1.38. The van der Waals surface area contributed by atoms with Crippen molar-refractivity contribution in [2.45, 2.75) is 6.42 Å². The van der Waals surface area contributed by atoms with E-state index >= 15 is 0 Å². The number of primary amides is 1. The molecule has 5 heteroatoms. The summed E-state index contributed by atoms with van der Waals surface area (Å²) in [7, 11) is 0. The molecule has 4 nitrogen and oxygen atoms in total. The molecule has 0 saturated carbocycles. The number of nitrogens with one attached hydrogen (secondary N) is 1. The van der Waals surface area contributed by atoms with Crippen molar-refractivity contribution in [2.75, 3.05) is 0 Å². The SMILES string of the molecule is NC(=O)CC=Cc1ccc2[nH]c(=O)sc2c1. The standard InChI is InChI=1S/C11H10N2O2S/c12-10(14)3-1-2-7-4-5-8-9(6-7)16-11(15)13-8/h1-2,4-6H,3H2,(H2,12,14)(H,13,15). The summed E-state index contributed by atoms with van der Waals surface area (Å²) in [4.78, 5) is 24.3. The number of rotatable bonds is 3. The molecule has 3 N–H and O–H groups in total. The lowest BCUT2D eigenvalue weighted by Gasteiger charge is -1.93. The Balaban J connectivity index is 2.28. The van der Waals surface area contributed by atoms with Crippen molar-refractivity contribution in [2.24, 2.45) is 5.73 Å². The molecular weight excluding hydrogens is 224 g/mol. The van der Waals surface area contributed by atoms with E-state index in [1.54, 1.807) is 6.08 Å². The second kappa shape index (κ2) is 4.32. The molecule has 0 atom stereocenters. The van der Waals surface area contributed by atoms with Crippen LogP contribution in [0.4, 0.5) is 0 Å². The van der Waals surface area contributed by atoms with Crippen molar-refractivity contribution >= 4 is 33.5 Å². The van der Waals surface area contributed by atoms with Gasteiger partial charge >= 0.3 is 4.87 Å². The molecule has 0 aliphatic rings. The molecular formula is C11H10N2O2S. The summed E-state index contributed by atoms with van der Waals surface area (Å²) in [5, 5.41) is 0. The highest BCUT2D eigenvalue weighted by Crippen LogP contribution is 2.17. The number of benzene rings is 1. The first kappa shape index (κ1) is 10.6. The first-order valence-electron chi connectivity index (χ1n) is 4.73. The number of H-pyrrole nitrogens is 1. The molecule has 1 aromatic heterocycles. The minimum atomic E-state index is -0.358. The van der Waals surface area contributed by atoms with Crippen LogP contribution >= 0.6 is 11.3 Å². The molecule has 1 amide bonds. The predicted octanol–water partition coefficient (Wildman–Crippen LogP) is 1.48. The Morgan fingerprint density at radius 1 is 1.50 bits per heavy atom. The van der Waals surface area contributed by atoms with Crippen LogP contribution in [0.25, 0.3) is 16.3 Å². The summed E-state index contributed by atoms with van der Waals surface area (Å²) in [6, 6.07) is 5.62. The minimum absolute atomic E-state index is 0.0618. The number of carbonyl (C=O) groups is 1. The summed E-state index contributed by atoms with van der Waals surface area (Å²) in [6.45, 7) is 0. The van der Waals surface area contributed by atoms with Crippen LogP contribution in [-0.4, -0.2) is 10.9 Å². The Hall–Kier alpha value is -1.88. The molecule has 2 rings (SSSR count). The summed E-state index contributed by atoms with van der Waals surface area (Å²) in [5.74, 6) is -0.358. The van der Waals surface area contributed by atoms with E-state index in [0.29, 0.717) is 0 Å². The lowest BCUT2D eigenvalue weighted by atomic mass is 10.2. The van der Waals surface area contributed by atoms with Crippen LogP contribution in [0.15, 0.2) is 29.1 Å². The quantitative estimate of drug-likeness (QED) is 0.843. The molecule has 16 heavy (non-hydrogen) atoms. The first-order valence-corrected chi connectivity index (χ1v) is 5.54. The number of nitrogens with two attached hydrogens (primary N) is 1. The molecule has 1 aromatic carbocycles.